The molecule has 2 rings (SSSR count). The summed E-state index contributed by atoms with van der Waals surface area (Å²) in [5.74, 6) is -0.780. The average Bonchev–Trinajstić information content (AvgIpc) is 2.35. The lowest BCUT2D eigenvalue weighted by atomic mass is 10.0. The molecule has 0 saturated carbocycles. The zero-order valence-corrected chi connectivity index (χ0v) is 9.50. The maximum absolute atomic E-state index is 13.4. The minimum Gasteiger partial charge on any atom is -0.388 e. The largest absolute Gasteiger partial charge is 0.388 e. The molecule has 0 atom stereocenters. The molecule has 17 heavy (non-hydrogen) atoms. The summed E-state index contributed by atoms with van der Waals surface area (Å²) in [5, 5.41) is 3.00. The maximum atomic E-state index is 13.4. The third-order valence-electron chi connectivity index (χ3n) is 2.64. The summed E-state index contributed by atoms with van der Waals surface area (Å²) in [6, 6.07) is 11.1. The Balaban J connectivity index is 2.22. The van der Waals surface area contributed by atoms with E-state index in [0.29, 0.717) is 12.0 Å². The van der Waals surface area contributed by atoms with Crippen molar-refractivity contribution in [1.29, 1.82) is 0 Å². The molecule has 0 spiro atoms. The predicted octanol–water partition coefficient (Wildman–Crippen LogP) is 3.60. The van der Waals surface area contributed by atoms with Gasteiger partial charge in [0.05, 0.1) is 0 Å². The second kappa shape index (κ2) is 4.95. The van der Waals surface area contributed by atoms with Gasteiger partial charge in [-0.3, -0.25) is 0 Å². The van der Waals surface area contributed by atoms with Gasteiger partial charge in [0.25, 0.3) is 0 Å². The summed E-state index contributed by atoms with van der Waals surface area (Å²) in [7, 11) is 1.83. The van der Waals surface area contributed by atoms with Gasteiger partial charge in [-0.2, -0.15) is 0 Å². The molecule has 0 bridgehead atoms. The molecule has 0 saturated heterocycles. The SMILES string of the molecule is CNc1ccc(Cc2cc(F)ccc2F)cc1. The molecule has 0 aliphatic rings. The van der Waals surface area contributed by atoms with Crippen LogP contribution in [0, 0.1) is 11.6 Å². The molecule has 0 unspecified atom stereocenters. The summed E-state index contributed by atoms with van der Waals surface area (Å²) in [6.07, 6.45) is 0.396. The first-order valence-electron chi connectivity index (χ1n) is 5.39. The Kier molecular flexibility index (Phi) is 3.38. The summed E-state index contributed by atoms with van der Waals surface area (Å²) >= 11 is 0. The quantitative estimate of drug-likeness (QED) is 0.854. The van der Waals surface area contributed by atoms with Crippen molar-refractivity contribution in [3.63, 3.8) is 0 Å². The summed E-state index contributed by atoms with van der Waals surface area (Å²) < 4.78 is 26.4. The van der Waals surface area contributed by atoms with Crippen molar-refractivity contribution in [2.24, 2.45) is 0 Å². The van der Waals surface area contributed by atoms with Crippen molar-refractivity contribution in [1.82, 2.24) is 0 Å². The minimum absolute atomic E-state index is 0.371. The zero-order chi connectivity index (χ0) is 12.3. The smallest absolute Gasteiger partial charge is 0.126 e. The van der Waals surface area contributed by atoms with E-state index in [0.717, 1.165) is 23.4 Å². The van der Waals surface area contributed by atoms with Crippen LogP contribution < -0.4 is 5.32 Å². The van der Waals surface area contributed by atoms with E-state index in [1.165, 1.54) is 6.07 Å². The van der Waals surface area contributed by atoms with Crippen molar-refractivity contribution in [3.05, 3.63) is 65.2 Å². The van der Waals surface area contributed by atoms with Crippen molar-refractivity contribution >= 4 is 5.69 Å². The number of anilines is 1. The standard InChI is InChI=1S/C14H13F2N/c1-17-13-5-2-10(3-6-13)8-11-9-12(15)4-7-14(11)16/h2-7,9,17H,8H2,1H3. The Bertz CT molecular complexity index is 506. The highest BCUT2D eigenvalue weighted by atomic mass is 19.1. The molecule has 2 aromatic carbocycles. The number of halogens is 2. The van der Waals surface area contributed by atoms with E-state index in [1.54, 1.807) is 0 Å². The van der Waals surface area contributed by atoms with E-state index in [9.17, 15) is 8.78 Å². The molecular weight excluding hydrogens is 220 g/mol. The van der Waals surface area contributed by atoms with Gasteiger partial charge >= 0.3 is 0 Å². The van der Waals surface area contributed by atoms with E-state index in [2.05, 4.69) is 5.32 Å². The van der Waals surface area contributed by atoms with E-state index in [1.807, 2.05) is 31.3 Å². The van der Waals surface area contributed by atoms with Gasteiger partial charge in [-0.05, 0) is 41.5 Å². The van der Waals surface area contributed by atoms with Crippen LogP contribution in [0.3, 0.4) is 0 Å². The highest BCUT2D eigenvalue weighted by Gasteiger charge is 2.04. The summed E-state index contributed by atoms with van der Waals surface area (Å²) in [5.41, 5.74) is 2.32. The van der Waals surface area contributed by atoms with Crippen LogP contribution in [-0.2, 0) is 6.42 Å². The van der Waals surface area contributed by atoms with E-state index < -0.39 is 5.82 Å². The van der Waals surface area contributed by atoms with Gasteiger partial charge in [0.2, 0.25) is 0 Å². The van der Waals surface area contributed by atoms with Crippen LogP contribution in [0.4, 0.5) is 14.5 Å². The molecule has 88 valence electrons. The Hall–Kier alpha value is -1.90. The van der Waals surface area contributed by atoms with Crippen LogP contribution >= 0.6 is 0 Å². The molecule has 0 aliphatic carbocycles. The van der Waals surface area contributed by atoms with Crippen LogP contribution in [0.15, 0.2) is 42.5 Å². The number of hydrogen-bond donors (Lipinski definition) is 1. The fraction of sp³-hybridized carbons (Fsp3) is 0.143. The summed E-state index contributed by atoms with van der Waals surface area (Å²) in [6.45, 7) is 0. The molecule has 0 aliphatic heterocycles. The van der Waals surface area contributed by atoms with Crippen molar-refractivity contribution < 1.29 is 8.78 Å². The van der Waals surface area contributed by atoms with Crippen molar-refractivity contribution in [2.75, 3.05) is 12.4 Å². The average molecular weight is 233 g/mol. The van der Waals surface area contributed by atoms with Gasteiger partial charge in [-0.15, -0.1) is 0 Å². The van der Waals surface area contributed by atoms with Crippen LogP contribution in [0.25, 0.3) is 0 Å². The van der Waals surface area contributed by atoms with Crippen LogP contribution in [0.2, 0.25) is 0 Å². The first-order chi connectivity index (χ1) is 8.19. The van der Waals surface area contributed by atoms with Crippen LogP contribution in [0.5, 0.6) is 0 Å². The number of rotatable bonds is 3. The number of benzene rings is 2. The molecule has 2 aromatic rings. The van der Waals surface area contributed by atoms with Crippen molar-refractivity contribution in [3.8, 4) is 0 Å². The molecular formula is C14H13F2N. The van der Waals surface area contributed by atoms with Gasteiger partial charge in [0.1, 0.15) is 11.6 Å². The number of nitrogens with one attached hydrogen (secondary N) is 1. The molecule has 0 heterocycles. The van der Waals surface area contributed by atoms with Crippen LogP contribution in [0.1, 0.15) is 11.1 Å². The summed E-state index contributed by atoms with van der Waals surface area (Å²) in [4.78, 5) is 0. The highest BCUT2D eigenvalue weighted by Crippen LogP contribution is 2.16. The molecule has 1 nitrogen and oxygen atoms in total. The molecule has 0 amide bonds. The zero-order valence-electron chi connectivity index (χ0n) is 9.50. The van der Waals surface area contributed by atoms with Gasteiger partial charge in [-0.25, -0.2) is 8.78 Å². The van der Waals surface area contributed by atoms with Crippen molar-refractivity contribution in [2.45, 2.75) is 6.42 Å². The molecule has 3 heteroatoms. The maximum Gasteiger partial charge on any atom is 0.126 e. The Morgan fingerprint density at radius 1 is 1.00 bits per heavy atom. The fourth-order valence-electron chi connectivity index (χ4n) is 1.69. The molecule has 0 aromatic heterocycles. The highest BCUT2D eigenvalue weighted by molar-refractivity contribution is 5.44. The third-order valence-corrected chi connectivity index (χ3v) is 2.64. The van der Waals surface area contributed by atoms with Gasteiger partial charge < -0.3 is 5.32 Å². The Morgan fingerprint density at radius 2 is 1.71 bits per heavy atom. The predicted molar refractivity (Wildman–Crippen MR) is 65.2 cm³/mol. The second-order valence-electron chi connectivity index (χ2n) is 3.86. The van der Waals surface area contributed by atoms with Gasteiger partial charge in [-0.1, -0.05) is 12.1 Å². The first kappa shape index (κ1) is 11.6. The van der Waals surface area contributed by atoms with E-state index in [4.69, 9.17) is 0 Å². The monoisotopic (exact) mass is 233 g/mol. The third kappa shape index (κ3) is 2.81. The Morgan fingerprint density at radius 3 is 2.35 bits per heavy atom. The van der Waals surface area contributed by atoms with E-state index in [-0.39, 0.29) is 5.82 Å². The lowest BCUT2D eigenvalue weighted by molar-refractivity contribution is 0.588. The molecule has 0 fully saturated rings. The lowest BCUT2D eigenvalue weighted by Gasteiger charge is -2.05. The topological polar surface area (TPSA) is 12.0 Å². The minimum atomic E-state index is -0.409. The number of hydrogen-bond acceptors (Lipinski definition) is 1. The Labute approximate surface area is 99.1 Å². The first-order valence-corrected chi connectivity index (χ1v) is 5.39. The second-order valence-corrected chi connectivity index (χ2v) is 3.86. The molecule has 0 radical (unpaired) electrons. The lowest BCUT2D eigenvalue weighted by Crippen LogP contribution is -1.94. The van der Waals surface area contributed by atoms with Crippen LogP contribution in [-0.4, -0.2) is 7.05 Å². The fourth-order valence-corrected chi connectivity index (χ4v) is 1.69. The van der Waals surface area contributed by atoms with E-state index >= 15 is 0 Å². The normalized spacial score (nSPS) is 10.3. The molecule has 1 N–H and O–H groups in total. The van der Waals surface area contributed by atoms with Gasteiger partial charge in [0.15, 0.2) is 0 Å². The van der Waals surface area contributed by atoms with Gasteiger partial charge in [0, 0.05) is 19.2 Å².